The minimum absolute atomic E-state index is 0.132. The summed E-state index contributed by atoms with van der Waals surface area (Å²) >= 11 is 0. The molecule has 0 aromatic heterocycles. The first-order valence-corrected chi connectivity index (χ1v) is 7.92. The Labute approximate surface area is 145 Å². The predicted molar refractivity (Wildman–Crippen MR) is 97.4 cm³/mol. The average molecular weight is 334 g/mol. The highest BCUT2D eigenvalue weighted by Gasteiger charge is 2.23. The van der Waals surface area contributed by atoms with E-state index in [2.05, 4.69) is 6.07 Å². The van der Waals surface area contributed by atoms with Gasteiger partial charge in [0.2, 0.25) is 0 Å². The van der Waals surface area contributed by atoms with Crippen LogP contribution in [-0.4, -0.2) is 24.1 Å². The fraction of sp³-hybridized carbons (Fsp3) is 0.190. The molecule has 0 radical (unpaired) electrons. The zero-order valence-electron chi connectivity index (χ0n) is 14.3. The van der Waals surface area contributed by atoms with E-state index in [9.17, 15) is 9.59 Å². The average Bonchev–Trinajstić information content (AvgIpc) is 2.63. The van der Waals surface area contributed by atoms with Crippen LogP contribution < -0.4 is 4.74 Å². The van der Waals surface area contributed by atoms with Gasteiger partial charge in [-0.15, -0.1) is 0 Å². The van der Waals surface area contributed by atoms with Crippen molar-refractivity contribution in [2.24, 2.45) is 5.92 Å². The third kappa shape index (κ3) is 2.88. The van der Waals surface area contributed by atoms with E-state index in [-0.39, 0.29) is 5.57 Å². The van der Waals surface area contributed by atoms with Crippen LogP contribution in [0.25, 0.3) is 16.3 Å². The Bertz CT molecular complexity index is 989. The summed E-state index contributed by atoms with van der Waals surface area (Å²) in [5, 5.41) is 11.4. The molecular weight excluding hydrogens is 316 g/mol. The summed E-state index contributed by atoms with van der Waals surface area (Å²) in [4.78, 5) is 22.3. The van der Waals surface area contributed by atoms with E-state index in [0.29, 0.717) is 0 Å². The number of benzene rings is 2. The zero-order chi connectivity index (χ0) is 18.1. The molecule has 0 heterocycles. The number of carboxylic acids is 1. The van der Waals surface area contributed by atoms with Crippen molar-refractivity contribution in [1.82, 2.24) is 0 Å². The smallest absolute Gasteiger partial charge is 0.315 e. The number of carbonyl (C=O) groups excluding carboxylic acids is 1. The number of carboxylic acid groups (broad SMARTS) is 1. The highest BCUT2D eigenvalue weighted by molar-refractivity contribution is 5.95. The van der Waals surface area contributed by atoms with Crippen LogP contribution in [0, 0.1) is 19.8 Å². The number of allylic oxidation sites excluding steroid dienone is 3. The molecule has 4 nitrogen and oxygen atoms in total. The van der Waals surface area contributed by atoms with Gasteiger partial charge in [0, 0.05) is 0 Å². The van der Waals surface area contributed by atoms with Crippen LogP contribution in [0.4, 0.5) is 0 Å². The summed E-state index contributed by atoms with van der Waals surface area (Å²) in [6.07, 6.45) is 4.86. The van der Waals surface area contributed by atoms with Gasteiger partial charge in [-0.2, -0.15) is 0 Å². The molecule has 1 aliphatic carbocycles. The topological polar surface area (TPSA) is 63.6 Å². The highest BCUT2D eigenvalue weighted by atomic mass is 16.5. The Kier molecular flexibility index (Phi) is 4.30. The Balaban J connectivity index is 2.12. The molecule has 2 aromatic rings. The first-order valence-electron chi connectivity index (χ1n) is 7.92. The fourth-order valence-electron chi connectivity index (χ4n) is 3.20. The van der Waals surface area contributed by atoms with Gasteiger partial charge in [0.25, 0.3) is 0 Å². The van der Waals surface area contributed by atoms with E-state index in [1.54, 1.807) is 25.2 Å². The maximum absolute atomic E-state index is 11.2. The lowest BCUT2D eigenvalue weighted by Crippen LogP contribution is -2.15. The maximum Gasteiger partial charge on any atom is 0.315 e. The summed E-state index contributed by atoms with van der Waals surface area (Å²) in [5.74, 6) is 0.612. The molecule has 0 aliphatic heterocycles. The van der Waals surface area contributed by atoms with E-state index < -0.39 is 11.9 Å². The van der Waals surface area contributed by atoms with Crippen molar-refractivity contribution in [3.8, 4) is 5.75 Å². The van der Waals surface area contributed by atoms with Crippen LogP contribution >= 0.6 is 0 Å². The minimum Gasteiger partial charge on any atom is -0.496 e. The molecule has 3 rings (SSSR count). The fourth-order valence-corrected chi connectivity index (χ4v) is 3.20. The van der Waals surface area contributed by atoms with Crippen LogP contribution in [0.1, 0.15) is 16.7 Å². The Morgan fingerprint density at radius 3 is 2.60 bits per heavy atom. The van der Waals surface area contributed by atoms with E-state index in [1.807, 2.05) is 32.0 Å². The number of ether oxygens (including phenoxy) is 1. The van der Waals surface area contributed by atoms with Crippen molar-refractivity contribution < 1.29 is 19.4 Å². The van der Waals surface area contributed by atoms with E-state index >= 15 is 0 Å². The molecule has 0 fully saturated rings. The summed E-state index contributed by atoms with van der Waals surface area (Å²) < 4.78 is 5.42. The minimum atomic E-state index is -1.05. The molecule has 0 saturated heterocycles. The van der Waals surface area contributed by atoms with Gasteiger partial charge < -0.3 is 9.84 Å². The van der Waals surface area contributed by atoms with Gasteiger partial charge in [-0.3, -0.25) is 4.79 Å². The maximum atomic E-state index is 11.2. The summed E-state index contributed by atoms with van der Waals surface area (Å²) in [5.41, 5.74) is 4.02. The Hall–Kier alpha value is -3.10. The molecular formula is C21H18O4. The Morgan fingerprint density at radius 2 is 1.96 bits per heavy atom. The molecule has 2 aromatic carbocycles. The third-order valence-electron chi connectivity index (χ3n) is 4.62. The molecule has 0 bridgehead atoms. The monoisotopic (exact) mass is 334 g/mol. The molecule has 126 valence electrons. The van der Waals surface area contributed by atoms with Gasteiger partial charge in [-0.1, -0.05) is 24.3 Å². The largest absolute Gasteiger partial charge is 0.496 e. The third-order valence-corrected chi connectivity index (χ3v) is 4.62. The molecule has 1 unspecified atom stereocenters. The second kappa shape index (κ2) is 6.42. The van der Waals surface area contributed by atoms with Gasteiger partial charge in [0.15, 0.2) is 0 Å². The number of aliphatic carboxylic acids is 1. The molecule has 1 aliphatic rings. The molecule has 0 spiro atoms. The molecule has 1 N–H and O–H groups in total. The standard InChI is InChI=1S/C21H18O4/c1-12-8-20(25-3)13(2)17-6-4-15(10-19(12)17)14-5-7-18(21(23)24)16(9-14)11-22/h4-10,18H,1-3H3,(H,23,24). The van der Waals surface area contributed by atoms with E-state index in [0.717, 1.165) is 38.8 Å². The van der Waals surface area contributed by atoms with Crippen LogP contribution in [0.15, 0.2) is 48.1 Å². The number of hydrogen-bond donors (Lipinski definition) is 1. The first kappa shape index (κ1) is 16.7. The highest BCUT2D eigenvalue weighted by Crippen LogP contribution is 2.34. The van der Waals surface area contributed by atoms with Gasteiger partial charge in [-0.25, -0.2) is 4.79 Å². The van der Waals surface area contributed by atoms with Crippen LogP contribution in [-0.2, 0) is 9.59 Å². The van der Waals surface area contributed by atoms with Gasteiger partial charge in [0.1, 0.15) is 17.6 Å². The number of aryl methyl sites for hydroxylation is 2. The van der Waals surface area contributed by atoms with Crippen molar-refractivity contribution in [3.05, 3.63) is 64.8 Å². The number of rotatable bonds is 3. The van der Waals surface area contributed by atoms with Gasteiger partial charge in [-0.05, 0) is 65.1 Å². The van der Waals surface area contributed by atoms with Crippen molar-refractivity contribution in [2.75, 3.05) is 7.11 Å². The lowest BCUT2D eigenvalue weighted by molar-refractivity contribution is -0.138. The van der Waals surface area contributed by atoms with Crippen LogP contribution in [0.3, 0.4) is 0 Å². The van der Waals surface area contributed by atoms with Gasteiger partial charge in [0.05, 0.1) is 12.7 Å². The van der Waals surface area contributed by atoms with E-state index in [1.165, 1.54) is 6.08 Å². The predicted octanol–water partition coefficient (Wildman–Crippen LogP) is 3.88. The second-order valence-corrected chi connectivity index (χ2v) is 6.11. The normalized spacial score (nSPS) is 16.5. The Morgan fingerprint density at radius 1 is 1.20 bits per heavy atom. The van der Waals surface area contributed by atoms with Crippen molar-refractivity contribution in [1.29, 1.82) is 0 Å². The molecule has 4 heteroatoms. The van der Waals surface area contributed by atoms with Crippen molar-refractivity contribution >= 4 is 28.3 Å². The zero-order valence-corrected chi connectivity index (χ0v) is 14.3. The van der Waals surface area contributed by atoms with Gasteiger partial charge >= 0.3 is 5.97 Å². The second-order valence-electron chi connectivity index (χ2n) is 6.11. The van der Waals surface area contributed by atoms with E-state index in [4.69, 9.17) is 9.84 Å². The number of carbonyl (C=O) groups is 1. The van der Waals surface area contributed by atoms with Crippen molar-refractivity contribution in [2.45, 2.75) is 13.8 Å². The molecule has 0 saturated carbocycles. The van der Waals surface area contributed by atoms with Crippen molar-refractivity contribution in [3.63, 3.8) is 0 Å². The molecule has 1 atom stereocenters. The lowest BCUT2D eigenvalue weighted by atomic mass is 9.88. The number of methoxy groups -OCH3 is 1. The van der Waals surface area contributed by atoms with Crippen LogP contribution in [0.2, 0.25) is 0 Å². The summed E-state index contributed by atoms with van der Waals surface area (Å²) in [7, 11) is 1.66. The number of fused-ring (bicyclic) bond motifs is 1. The van der Waals surface area contributed by atoms with Crippen LogP contribution in [0.5, 0.6) is 5.75 Å². The summed E-state index contributed by atoms with van der Waals surface area (Å²) in [6, 6.07) is 8.05. The lowest BCUT2D eigenvalue weighted by Gasteiger charge is -2.16. The number of hydrogen-bond acceptors (Lipinski definition) is 3. The summed E-state index contributed by atoms with van der Waals surface area (Å²) in [6.45, 7) is 4.04. The quantitative estimate of drug-likeness (QED) is 0.865. The molecule has 25 heavy (non-hydrogen) atoms. The molecule has 0 amide bonds. The SMILES string of the molecule is COc1cc(C)c2cc(C3=CC(=C=O)C(C(=O)O)C=C3)ccc2c1C. The first-order chi connectivity index (χ1) is 12.0.